The van der Waals surface area contributed by atoms with Gasteiger partial charge in [-0.15, -0.1) is 0 Å². The second-order valence-corrected chi connectivity index (χ2v) is 6.54. The van der Waals surface area contributed by atoms with Crippen LogP contribution in [0.4, 0.5) is 4.79 Å². The third-order valence-corrected chi connectivity index (χ3v) is 5.04. The first-order valence-electron chi connectivity index (χ1n) is 4.68. The highest BCUT2D eigenvalue weighted by Gasteiger charge is 2.34. The Morgan fingerprint density at radius 2 is 2.12 bits per heavy atom. The molecular formula is C9H8BrClN2O3S. The predicted octanol–water partition coefficient (Wildman–Crippen LogP) is 1.82. The fourth-order valence-electron chi connectivity index (χ4n) is 1.49. The number of nitrogens with zero attached hydrogens (tertiary/aromatic N) is 1. The number of benzene rings is 1. The molecule has 2 amide bonds. The van der Waals surface area contributed by atoms with E-state index in [1.54, 1.807) is 6.07 Å². The van der Waals surface area contributed by atoms with Crippen molar-refractivity contribution in [2.45, 2.75) is 4.90 Å². The van der Waals surface area contributed by atoms with Crippen molar-refractivity contribution < 1.29 is 13.2 Å². The SMILES string of the molecule is O=C1NCCN1S(=O)(=O)c1ccc(Br)cc1Cl. The van der Waals surface area contributed by atoms with Crippen molar-refractivity contribution in [2.24, 2.45) is 0 Å². The van der Waals surface area contributed by atoms with Crippen LogP contribution in [0.1, 0.15) is 0 Å². The summed E-state index contributed by atoms with van der Waals surface area (Å²) in [4.78, 5) is 11.3. The number of carbonyl (C=O) groups excluding carboxylic acids is 1. The van der Waals surface area contributed by atoms with E-state index >= 15 is 0 Å². The maximum absolute atomic E-state index is 12.1. The van der Waals surface area contributed by atoms with E-state index in [9.17, 15) is 13.2 Å². The van der Waals surface area contributed by atoms with Crippen LogP contribution in [-0.2, 0) is 10.0 Å². The number of halogens is 2. The largest absolute Gasteiger partial charge is 0.335 e. The molecule has 17 heavy (non-hydrogen) atoms. The number of nitrogens with one attached hydrogen (secondary N) is 1. The average molecular weight is 340 g/mol. The minimum atomic E-state index is -3.87. The number of amides is 2. The quantitative estimate of drug-likeness (QED) is 0.894. The Labute approximate surface area is 112 Å². The van der Waals surface area contributed by atoms with Crippen molar-refractivity contribution in [3.63, 3.8) is 0 Å². The molecule has 2 rings (SSSR count). The van der Waals surface area contributed by atoms with Crippen molar-refractivity contribution in [1.29, 1.82) is 0 Å². The molecule has 1 N–H and O–H groups in total. The summed E-state index contributed by atoms with van der Waals surface area (Å²) in [5.41, 5.74) is 0. The van der Waals surface area contributed by atoms with Crippen LogP contribution in [-0.4, -0.2) is 31.8 Å². The van der Waals surface area contributed by atoms with Gasteiger partial charge < -0.3 is 5.32 Å². The Bertz CT molecular complexity index is 576. The van der Waals surface area contributed by atoms with Gasteiger partial charge in [-0.05, 0) is 18.2 Å². The number of carbonyl (C=O) groups is 1. The van der Waals surface area contributed by atoms with E-state index in [0.717, 1.165) is 4.31 Å². The van der Waals surface area contributed by atoms with Crippen molar-refractivity contribution in [2.75, 3.05) is 13.1 Å². The summed E-state index contributed by atoms with van der Waals surface area (Å²) >= 11 is 9.06. The highest BCUT2D eigenvalue weighted by atomic mass is 79.9. The third-order valence-electron chi connectivity index (χ3n) is 2.28. The van der Waals surface area contributed by atoms with E-state index < -0.39 is 16.1 Å². The highest BCUT2D eigenvalue weighted by molar-refractivity contribution is 9.10. The van der Waals surface area contributed by atoms with E-state index in [1.807, 2.05) is 0 Å². The molecule has 0 bridgehead atoms. The second kappa shape index (κ2) is 4.47. The van der Waals surface area contributed by atoms with Gasteiger partial charge in [0.1, 0.15) is 4.90 Å². The number of hydrogen-bond donors (Lipinski definition) is 1. The van der Waals surface area contributed by atoms with Crippen LogP contribution >= 0.6 is 27.5 Å². The first-order chi connectivity index (χ1) is 7.93. The molecule has 92 valence electrons. The van der Waals surface area contributed by atoms with Gasteiger partial charge in [-0.3, -0.25) is 0 Å². The van der Waals surface area contributed by atoms with Crippen molar-refractivity contribution in [3.8, 4) is 0 Å². The topological polar surface area (TPSA) is 66.5 Å². The zero-order chi connectivity index (χ0) is 12.6. The second-order valence-electron chi connectivity index (χ2n) is 3.38. The predicted molar refractivity (Wildman–Crippen MR) is 66.4 cm³/mol. The fourth-order valence-corrected chi connectivity index (χ4v) is 3.85. The maximum atomic E-state index is 12.1. The van der Waals surface area contributed by atoms with Crippen molar-refractivity contribution >= 4 is 43.6 Å². The Balaban J connectivity index is 2.48. The van der Waals surface area contributed by atoms with Crippen LogP contribution in [0, 0.1) is 0 Å². The van der Waals surface area contributed by atoms with Gasteiger partial charge in [-0.1, -0.05) is 27.5 Å². The Morgan fingerprint density at radius 3 is 2.65 bits per heavy atom. The minimum Gasteiger partial charge on any atom is -0.335 e. The maximum Gasteiger partial charge on any atom is 0.331 e. The standard InChI is InChI=1S/C9H8BrClN2O3S/c10-6-1-2-8(7(11)5-6)17(15,16)13-4-3-12-9(13)14/h1-2,5H,3-4H2,(H,12,14). The molecule has 0 saturated carbocycles. The van der Waals surface area contributed by atoms with Gasteiger partial charge in [0, 0.05) is 11.0 Å². The van der Waals surface area contributed by atoms with Gasteiger partial charge in [0.2, 0.25) is 0 Å². The fraction of sp³-hybridized carbons (Fsp3) is 0.222. The smallest absolute Gasteiger partial charge is 0.331 e. The van der Waals surface area contributed by atoms with E-state index in [1.165, 1.54) is 12.1 Å². The Morgan fingerprint density at radius 1 is 1.41 bits per heavy atom. The molecule has 1 saturated heterocycles. The first kappa shape index (κ1) is 12.7. The summed E-state index contributed by atoms with van der Waals surface area (Å²) in [5.74, 6) is 0. The number of rotatable bonds is 2. The molecule has 0 unspecified atom stereocenters. The molecule has 1 aromatic carbocycles. The van der Waals surface area contributed by atoms with Gasteiger partial charge in [0.05, 0.1) is 11.6 Å². The van der Waals surface area contributed by atoms with E-state index in [0.29, 0.717) is 11.0 Å². The minimum absolute atomic E-state index is 0.0700. The molecule has 1 heterocycles. The zero-order valence-corrected chi connectivity index (χ0v) is 11.6. The van der Waals surface area contributed by atoms with E-state index in [2.05, 4.69) is 21.2 Å². The average Bonchev–Trinajstić information content (AvgIpc) is 2.64. The van der Waals surface area contributed by atoms with E-state index in [4.69, 9.17) is 11.6 Å². The lowest BCUT2D eigenvalue weighted by Gasteiger charge is -2.15. The summed E-state index contributed by atoms with van der Waals surface area (Å²) in [7, 11) is -3.87. The van der Waals surface area contributed by atoms with Gasteiger partial charge in [0.15, 0.2) is 0 Å². The normalized spacial score (nSPS) is 16.1. The van der Waals surface area contributed by atoms with Gasteiger partial charge >= 0.3 is 6.03 Å². The van der Waals surface area contributed by atoms with Gasteiger partial charge in [-0.2, -0.15) is 0 Å². The van der Waals surface area contributed by atoms with Crippen LogP contribution in [0.15, 0.2) is 27.6 Å². The van der Waals surface area contributed by atoms with Crippen LogP contribution in [0.5, 0.6) is 0 Å². The molecule has 1 fully saturated rings. The van der Waals surface area contributed by atoms with Crippen molar-refractivity contribution in [1.82, 2.24) is 9.62 Å². The molecule has 5 nitrogen and oxygen atoms in total. The molecule has 0 radical (unpaired) electrons. The molecule has 0 aromatic heterocycles. The molecular weight excluding hydrogens is 332 g/mol. The molecule has 0 aliphatic carbocycles. The molecule has 8 heteroatoms. The van der Waals surface area contributed by atoms with Crippen LogP contribution in [0.3, 0.4) is 0 Å². The number of hydrogen-bond acceptors (Lipinski definition) is 3. The zero-order valence-electron chi connectivity index (χ0n) is 8.48. The molecule has 1 aliphatic heterocycles. The molecule has 0 atom stereocenters. The first-order valence-corrected chi connectivity index (χ1v) is 7.29. The van der Waals surface area contributed by atoms with Crippen LogP contribution in [0.25, 0.3) is 0 Å². The van der Waals surface area contributed by atoms with Crippen molar-refractivity contribution in [3.05, 3.63) is 27.7 Å². The molecule has 0 spiro atoms. The Hall–Kier alpha value is -0.790. The number of urea groups is 1. The van der Waals surface area contributed by atoms with Gasteiger partial charge in [0.25, 0.3) is 10.0 Å². The Kier molecular flexibility index (Phi) is 3.33. The summed E-state index contributed by atoms with van der Waals surface area (Å²) in [6, 6.07) is 3.78. The highest BCUT2D eigenvalue weighted by Crippen LogP contribution is 2.28. The lowest BCUT2D eigenvalue weighted by atomic mass is 10.4. The van der Waals surface area contributed by atoms with E-state index in [-0.39, 0.29) is 16.5 Å². The lowest BCUT2D eigenvalue weighted by molar-refractivity contribution is 0.236. The molecule has 1 aromatic rings. The monoisotopic (exact) mass is 338 g/mol. The van der Waals surface area contributed by atoms with Gasteiger partial charge in [-0.25, -0.2) is 17.5 Å². The van der Waals surface area contributed by atoms with Crippen LogP contribution in [0.2, 0.25) is 5.02 Å². The van der Waals surface area contributed by atoms with Crippen LogP contribution < -0.4 is 5.32 Å². The number of sulfonamides is 1. The summed E-state index contributed by atoms with van der Waals surface area (Å²) in [5, 5.41) is 2.51. The summed E-state index contributed by atoms with van der Waals surface area (Å²) < 4.78 is 25.7. The summed E-state index contributed by atoms with van der Waals surface area (Å²) in [6.45, 7) is 0.430. The third kappa shape index (κ3) is 2.27. The molecule has 1 aliphatic rings. The lowest BCUT2D eigenvalue weighted by Crippen LogP contribution is -2.34. The summed E-state index contributed by atoms with van der Waals surface area (Å²) in [6.07, 6.45) is 0.